The molecule has 0 fully saturated rings. The van der Waals surface area contributed by atoms with Crippen LogP contribution in [-0.2, 0) is 0 Å². The summed E-state index contributed by atoms with van der Waals surface area (Å²) in [5.74, 6) is 0.621. The third-order valence-electron chi connectivity index (χ3n) is 4.13. The summed E-state index contributed by atoms with van der Waals surface area (Å²) < 4.78 is 0. The molecule has 0 aromatic heterocycles. The Balaban J connectivity index is 2.20. The summed E-state index contributed by atoms with van der Waals surface area (Å²) >= 11 is 0. The molecule has 0 heteroatoms. The average molecular weight is 218 g/mol. The summed E-state index contributed by atoms with van der Waals surface area (Å²) in [6, 6.07) is 13.3. The Bertz CT molecular complexity index is 696. The molecule has 17 heavy (non-hydrogen) atoms. The van der Waals surface area contributed by atoms with Gasteiger partial charge in [-0.1, -0.05) is 49.9 Å². The molecule has 0 heterocycles. The quantitative estimate of drug-likeness (QED) is 0.603. The largest absolute Gasteiger partial charge is 0.0952 e. The Morgan fingerprint density at radius 2 is 1.76 bits per heavy atom. The van der Waals surface area contributed by atoms with Crippen LogP contribution < -0.4 is 0 Å². The van der Waals surface area contributed by atoms with Crippen molar-refractivity contribution in [2.24, 2.45) is 5.92 Å². The van der Waals surface area contributed by atoms with Gasteiger partial charge in [-0.25, -0.2) is 0 Å². The molecule has 2 aliphatic rings. The van der Waals surface area contributed by atoms with Crippen LogP contribution in [0, 0.1) is 5.92 Å². The van der Waals surface area contributed by atoms with Gasteiger partial charge in [0.2, 0.25) is 0 Å². The number of fused-ring (bicyclic) bond motifs is 2. The van der Waals surface area contributed by atoms with E-state index in [1.54, 1.807) is 0 Å². The number of rotatable bonds is 0. The van der Waals surface area contributed by atoms with Gasteiger partial charge in [-0.2, -0.15) is 0 Å². The van der Waals surface area contributed by atoms with Gasteiger partial charge in [0.25, 0.3) is 0 Å². The molecule has 0 saturated carbocycles. The Morgan fingerprint density at radius 1 is 1.06 bits per heavy atom. The lowest BCUT2D eigenvalue weighted by Gasteiger charge is -2.10. The van der Waals surface area contributed by atoms with Crippen LogP contribution in [0.25, 0.3) is 21.9 Å². The highest BCUT2D eigenvalue weighted by Crippen LogP contribution is 2.53. The van der Waals surface area contributed by atoms with E-state index in [1.165, 1.54) is 38.6 Å². The van der Waals surface area contributed by atoms with Crippen molar-refractivity contribution in [3.8, 4) is 0 Å². The van der Waals surface area contributed by atoms with Crippen LogP contribution in [0.3, 0.4) is 0 Å². The summed E-state index contributed by atoms with van der Waals surface area (Å²) in [7, 11) is 0. The molecule has 1 unspecified atom stereocenters. The highest BCUT2D eigenvalue weighted by atomic mass is 14.4. The lowest BCUT2D eigenvalue weighted by atomic mass is 9.94. The Labute approximate surface area is 101 Å². The van der Waals surface area contributed by atoms with Gasteiger partial charge in [0, 0.05) is 0 Å². The first-order chi connectivity index (χ1) is 8.27. The van der Waals surface area contributed by atoms with Crippen molar-refractivity contribution in [1.29, 1.82) is 0 Å². The molecule has 0 amide bonds. The number of hydrogen-bond donors (Lipinski definition) is 0. The Hall–Kier alpha value is -1.82. The van der Waals surface area contributed by atoms with Crippen molar-refractivity contribution >= 4 is 21.9 Å². The highest BCUT2D eigenvalue weighted by Gasteiger charge is 2.33. The van der Waals surface area contributed by atoms with Gasteiger partial charge in [-0.3, -0.25) is 0 Å². The van der Waals surface area contributed by atoms with Crippen molar-refractivity contribution < 1.29 is 0 Å². The molecular weight excluding hydrogens is 204 g/mol. The molecule has 0 bridgehead atoms. The van der Waals surface area contributed by atoms with Crippen LogP contribution in [0.15, 0.2) is 48.6 Å². The van der Waals surface area contributed by atoms with Gasteiger partial charge in [-0.15, -0.1) is 0 Å². The first-order valence-electron chi connectivity index (χ1n) is 6.22. The zero-order valence-electron chi connectivity index (χ0n) is 9.96. The molecule has 4 rings (SSSR count). The van der Waals surface area contributed by atoms with Crippen molar-refractivity contribution in [1.82, 2.24) is 0 Å². The smallest absolute Gasteiger partial charge is 0.00295 e. The Morgan fingerprint density at radius 3 is 2.53 bits per heavy atom. The van der Waals surface area contributed by atoms with E-state index in [-0.39, 0.29) is 0 Å². The minimum absolute atomic E-state index is 0.621. The van der Waals surface area contributed by atoms with Gasteiger partial charge in [0.05, 0.1) is 0 Å². The molecule has 2 aromatic rings. The van der Waals surface area contributed by atoms with Crippen LogP contribution in [0.4, 0.5) is 0 Å². The molecule has 1 atom stereocenters. The number of benzene rings is 2. The van der Waals surface area contributed by atoms with Crippen LogP contribution in [0.5, 0.6) is 0 Å². The standard InChI is InChI=1S/C17H14/c1-10-9-11(2)16-14-8-4-6-12-5-3-7-13(15(10)16)17(12)14/h3-8,11H,1,9H2,2H3. The fourth-order valence-electron chi connectivity index (χ4n) is 3.52. The van der Waals surface area contributed by atoms with E-state index in [9.17, 15) is 0 Å². The first-order valence-corrected chi connectivity index (χ1v) is 6.22. The van der Waals surface area contributed by atoms with Gasteiger partial charge in [-0.05, 0) is 51.0 Å². The molecular formula is C17H14. The van der Waals surface area contributed by atoms with E-state index < -0.39 is 0 Å². The maximum Gasteiger partial charge on any atom is -0.00295 e. The SMILES string of the molecule is C=C1CC(C)C2=C1c1cccc3cccc2c13. The molecule has 0 saturated heterocycles. The van der Waals surface area contributed by atoms with Crippen molar-refractivity contribution in [3.63, 3.8) is 0 Å². The van der Waals surface area contributed by atoms with E-state index in [1.807, 2.05) is 0 Å². The third kappa shape index (κ3) is 0.986. The molecule has 0 spiro atoms. The molecule has 0 nitrogen and oxygen atoms in total. The second-order valence-corrected chi connectivity index (χ2v) is 5.21. The zero-order valence-corrected chi connectivity index (χ0v) is 9.96. The number of allylic oxidation sites excluding steroid dienone is 3. The van der Waals surface area contributed by atoms with Gasteiger partial charge < -0.3 is 0 Å². The Kier molecular flexibility index (Phi) is 1.57. The monoisotopic (exact) mass is 218 g/mol. The lowest BCUT2D eigenvalue weighted by Crippen LogP contribution is -1.92. The zero-order chi connectivity index (χ0) is 11.6. The fraction of sp³-hybridized carbons (Fsp3) is 0.176. The van der Waals surface area contributed by atoms with Gasteiger partial charge in [0.1, 0.15) is 0 Å². The molecule has 0 radical (unpaired) electrons. The second kappa shape index (κ2) is 2.89. The summed E-state index contributed by atoms with van der Waals surface area (Å²) in [5, 5.41) is 2.79. The third-order valence-corrected chi connectivity index (χ3v) is 4.13. The fourth-order valence-corrected chi connectivity index (χ4v) is 3.52. The first kappa shape index (κ1) is 9.23. The molecule has 82 valence electrons. The van der Waals surface area contributed by atoms with Crippen molar-refractivity contribution in [2.75, 3.05) is 0 Å². The summed E-state index contributed by atoms with van der Waals surface area (Å²) in [6.07, 6.45) is 1.12. The maximum atomic E-state index is 4.26. The minimum Gasteiger partial charge on any atom is -0.0952 e. The van der Waals surface area contributed by atoms with E-state index in [0.29, 0.717) is 5.92 Å². The van der Waals surface area contributed by atoms with Crippen LogP contribution in [0.1, 0.15) is 24.5 Å². The van der Waals surface area contributed by atoms with Crippen LogP contribution >= 0.6 is 0 Å². The summed E-state index contributed by atoms with van der Waals surface area (Å²) in [4.78, 5) is 0. The van der Waals surface area contributed by atoms with Crippen molar-refractivity contribution in [2.45, 2.75) is 13.3 Å². The van der Waals surface area contributed by atoms with Crippen LogP contribution in [-0.4, -0.2) is 0 Å². The van der Waals surface area contributed by atoms with Crippen LogP contribution in [0.2, 0.25) is 0 Å². The molecule has 2 aliphatic carbocycles. The normalized spacial score (nSPS) is 21.5. The van der Waals surface area contributed by atoms with E-state index in [0.717, 1.165) is 6.42 Å². The van der Waals surface area contributed by atoms with Crippen molar-refractivity contribution in [3.05, 3.63) is 59.7 Å². The average Bonchev–Trinajstić information content (AvgIpc) is 2.81. The topological polar surface area (TPSA) is 0 Å². The lowest BCUT2D eigenvalue weighted by molar-refractivity contribution is 0.778. The van der Waals surface area contributed by atoms with E-state index in [2.05, 4.69) is 49.9 Å². The summed E-state index contributed by atoms with van der Waals surface area (Å²) in [5.41, 5.74) is 7.13. The van der Waals surface area contributed by atoms with Gasteiger partial charge >= 0.3 is 0 Å². The minimum atomic E-state index is 0.621. The van der Waals surface area contributed by atoms with E-state index >= 15 is 0 Å². The van der Waals surface area contributed by atoms with Gasteiger partial charge in [0.15, 0.2) is 0 Å². The molecule has 2 aromatic carbocycles. The number of hydrogen-bond acceptors (Lipinski definition) is 0. The highest BCUT2D eigenvalue weighted by molar-refractivity contribution is 6.18. The maximum absolute atomic E-state index is 4.26. The molecule has 0 aliphatic heterocycles. The van der Waals surface area contributed by atoms with E-state index in [4.69, 9.17) is 0 Å². The summed E-state index contributed by atoms with van der Waals surface area (Å²) in [6.45, 7) is 6.58. The predicted molar refractivity (Wildman–Crippen MR) is 73.7 cm³/mol. The molecule has 0 N–H and O–H groups in total. The second-order valence-electron chi connectivity index (χ2n) is 5.21. The predicted octanol–water partition coefficient (Wildman–Crippen LogP) is 4.66.